The highest BCUT2D eigenvalue weighted by atomic mass is 16.3. The van der Waals surface area contributed by atoms with E-state index in [1.807, 2.05) is 24.3 Å². The normalized spacial score (nSPS) is 15.6. The molecule has 28 heavy (non-hydrogen) atoms. The van der Waals surface area contributed by atoms with Crippen LogP contribution in [0.15, 0.2) is 45.6 Å². The van der Waals surface area contributed by atoms with Gasteiger partial charge in [0.1, 0.15) is 42.8 Å². The third kappa shape index (κ3) is 3.73. The zero-order valence-electron chi connectivity index (χ0n) is 16.0. The SMILES string of the molecule is CC[NH+]1CCc2c(C#N)c(NCc3ccco3)[nH+]c(NCc3ccco3)c2C1. The van der Waals surface area contributed by atoms with Crippen molar-refractivity contribution < 1.29 is 18.7 Å². The number of pyridine rings is 1. The monoisotopic (exact) mass is 379 g/mol. The molecule has 0 radical (unpaired) electrons. The fraction of sp³-hybridized carbons (Fsp3) is 0.333. The van der Waals surface area contributed by atoms with E-state index in [9.17, 15) is 5.26 Å². The van der Waals surface area contributed by atoms with Crippen molar-refractivity contribution in [3.63, 3.8) is 0 Å². The zero-order valence-corrected chi connectivity index (χ0v) is 16.0. The smallest absolute Gasteiger partial charge is 0.238 e. The van der Waals surface area contributed by atoms with Crippen LogP contribution in [0.1, 0.15) is 35.1 Å². The van der Waals surface area contributed by atoms with Gasteiger partial charge >= 0.3 is 0 Å². The Kier molecular flexibility index (Phi) is 5.31. The first kappa shape index (κ1) is 18.1. The summed E-state index contributed by atoms with van der Waals surface area (Å²) in [7, 11) is 0. The second-order valence-corrected chi connectivity index (χ2v) is 6.97. The molecule has 0 aliphatic carbocycles. The molecule has 3 aromatic rings. The minimum atomic E-state index is 0.515. The maximum absolute atomic E-state index is 9.85. The molecular formula is C21H25N5O2+2. The predicted octanol–water partition coefficient (Wildman–Crippen LogP) is 1.74. The van der Waals surface area contributed by atoms with Crippen LogP contribution in [0, 0.1) is 11.3 Å². The molecule has 0 amide bonds. The van der Waals surface area contributed by atoms with Crippen molar-refractivity contribution in [3.8, 4) is 6.07 Å². The van der Waals surface area contributed by atoms with Gasteiger partial charge in [0.15, 0.2) is 0 Å². The van der Waals surface area contributed by atoms with E-state index < -0.39 is 0 Å². The van der Waals surface area contributed by atoms with Crippen molar-refractivity contribution in [2.24, 2.45) is 0 Å². The zero-order chi connectivity index (χ0) is 19.3. The third-order valence-electron chi connectivity index (χ3n) is 5.27. The van der Waals surface area contributed by atoms with Gasteiger partial charge < -0.3 is 13.7 Å². The molecule has 4 N–H and O–H groups in total. The van der Waals surface area contributed by atoms with Crippen molar-refractivity contribution in [2.75, 3.05) is 23.7 Å². The van der Waals surface area contributed by atoms with Gasteiger partial charge in [0.25, 0.3) is 0 Å². The number of hydrogen-bond acceptors (Lipinski definition) is 5. The van der Waals surface area contributed by atoms with Crippen molar-refractivity contribution in [1.29, 1.82) is 5.26 Å². The summed E-state index contributed by atoms with van der Waals surface area (Å²) in [5.41, 5.74) is 3.01. The summed E-state index contributed by atoms with van der Waals surface area (Å²) in [6.45, 7) is 6.30. The van der Waals surface area contributed by atoms with Gasteiger partial charge in [0.2, 0.25) is 11.6 Å². The van der Waals surface area contributed by atoms with Gasteiger partial charge in [-0.3, -0.25) is 10.6 Å². The van der Waals surface area contributed by atoms with E-state index in [0.717, 1.165) is 54.8 Å². The molecule has 1 atom stereocenters. The Balaban J connectivity index is 1.67. The number of nitrogens with zero attached hydrogens (tertiary/aromatic N) is 1. The van der Waals surface area contributed by atoms with E-state index in [-0.39, 0.29) is 0 Å². The molecule has 4 rings (SSSR count). The molecule has 0 fully saturated rings. The van der Waals surface area contributed by atoms with E-state index in [1.54, 1.807) is 12.5 Å². The summed E-state index contributed by atoms with van der Waals surface area (Å²) in [5, 5.41) is 16.7. The number of nitrogens with one attached hydrogen (secondary N) is 4. The number of nitriles is 1. The highest BCUT2D eigenvalue weighted by molar-refractivity contribution is 5.60. The lowest BCUT2D eigenvalue weighted by atomic mass is 9.95. The molecule has 144 valence electrons. The molecule has 0 saturated carbocycles. The van der Waals surface area contributed by atoms with E-state index in [2.05, 4.69) is 28.6 Å². The number of fused-ring (bicyclic) bond motifs is 1. The third-order valence-corrected chi connectivity index (χ3v) is 5.27. The first-order chi connectivity index (χ1) is 13.8. The van der Waals surface area contributed by atoms with Crippen molar-refractivity contribution >= 4 is 11.6 Å². The summed E-state index contributed by atoms with van der Waals surface area (Å²) in [5.74, 6) is 3.35. The molecule has 4 heterocycles. The highest BCUT2D eigenvalue weighted by Gasteiger charge is 2.30. The van der Waals surface area contributed by atoms with Gasteiger partial charge in [-0.25, -0.2) is 4.98 Å². The molecule has 0 bridgehead atoms. The number of aromatic amines is 1. The van der Waals surface area contributed by atoms with Crippen LogP contribution < -0.4 is 20.5 Å². The predicted molar refractivity (Wildman–Crippen MR) is 104 cm³/mol. The quantitative estimate of drug-likeness (QED) is 0.582. The maximum atomic E-state index is 9.85. The van der Waals surface area contributed by atoms with Gasteiger partial charge in [-0.2, -0.15) is 5.26 Å². The summed E-state index contributed by atoms with van der Waals surface area (Å²) >= 11 is 0. The number of furan rings is 2. The summed E-state index contributed by atoms with van der Waals surface area (Å²) < 4.78 is 10.9. The van der Waals surface area contributed by atoms with Crippen LogP contribution in [0.3, 0.4) is 0 Å². The average Bonchev–Trinajstić information content (AvgIpc) is 3.43. The van der Waals surface area contributed by atoms with Crippen molar-refractivity contribution in [3.05, 3.63) is 65.0 Å². The first-order valence-electron chi connectivity index (χ1n) is 9.65. The Labute approximate surface area is 164 Å². The molecular weight excluding hydrogens is 354 g/mol. The molecule has 1 unspecified atom stereocenters. The second kappa shape index (κ2) is 8.19. The summed E-state index contributed by atoms with van der Waals surface area (Å²) in [6, 6.07) is 10.0. The number of likely N-dealkylation sites (N-methyl/N-ethyl adjacent to an activating group) is 1. The van der Waals surface area contributed by atoms with Crippen LogP contribution >= 0.6 is 0 Å². The van der Waals surface area contributed by atoms with Gasteiger partial charge in [-0.1, -0.05) is 0 Å². The highest BCUT2D eigenvalue weighted by Crippen LogP contribution is 2.26. The number of aromatic nitrogens is 1. The van der Waals surface area contributed by atoms with Crippen LogP contribution in [0.2, 0.25) is 0 Å². The number of quaternary nitrogens is 1. The minimum absolute atomic E-state index is 0.515. The Morgan fingerprint density at radius 3 is 2.32 bits per heavy atom. The van der Waals surface area contributed by atoms with Crippen LogP contribution in [-0.4, -0.2) is 13.1 Å². The molecule has 1 aliphatic rings. The van der Waals surface area contributed by atoms with Gasteiger partial charge in [-0.15, -0.1) is 0 Å². The molecule has 3 aromatic heterocycles. The van der Waals surface area contributed by atoms with Gasteiger partial charge in [-0.05, 0) is 36.8 Å². The van der Waals surface area contributed by atoms with Crippen LogP contribution in [0.4, 0.5) is 11.6 Å². The molecule has 7 heteroatoms. The Hall–Kier alpha value is -3.24. The lowest BCUT2D eigenvalue weighted by Gasteiger charge is -2.26. The van der Waals surface area contributed by atoms with Crippen LogP contribution in [0.25, 0.3) is 0 Å². The Bertz CT molecular complexity index is 958. The number of rotatable bonds is 7. The van der Waals surface area contributed by atoms with E-state index in [1.165, 1.54) is 10.5 Å². The first-order valence-corrected chi connectivity index (χ1v) is 9.65. The number of hydrogen-bond donors (Lipinski definition) is 3. The Morgan fingerprint density at radius 1 is 1.07 bits per heavy atom. The molecule has 1 aliphatic heterocycles. The fourth-order valence-electron chi connectivity index (χ4n) is 3.71. The number of anilines is 2. The molecule has 7 nitrogen and oxygen atoms in total. The van der Waals surface area contributed by atoms with Crippen molar-refractivity contribution in [1.82, 2.24) is 0 Å². The van der Waals surface area contributed by atoms with Crippen molar-refractivity contribution in [2.45, 2.75) is 33.0 Å². The van der Waals surface area contributed by atoms with E-state index in [0.29, 0.717) is 18.7 Å². The molecule has 0 spiro atoms. The van der Waals surface area contributed by atoms with E-state index in [4.69, 9.17) is 8.83 Å². The second-order valence-electron chi connectivity index (χ2n) is 6.97. The summed E-state index contributed by atoms with van der Waals surface area (Å²) in [6.07, 6.45) is 4.21. The van der Waals surface area contributed by atoms with Crippen LogP contribution in [0.5, 0.6) is 0 Å². The molecule has 0 aromatic carbocycles. The lowest BCUT2D eigenvalue weighted by Crippen LogP contribution is -3.11. The standard InChI is InChI=1S/C21H23N5O2/c1-2-26-8-7-17-18(11-22)20(23-12-15-5-3-9-27-15)25-21(19(17)14-26)24-13-16-6-4-10-28-16/h3-6,9-10H,2,7-8,12-14H2,1H3,(H2,23,24,25)/p+2. The lowest BCUT2D eigenvalue weighted by molar-refractivity contribution is -0.914. The Morgan fingerprint density at radius 2 is 1.75 bits per heavy atom. The van der Waals surface area contributed by atoms with Gasteiger partial charge in [0, 0.05) is 6.42 Å². The average molecular weight is 379 g/mol. The topological polar surface area (TPSA) is 92.7 Å². The largest absolute Gasteiger partial charge is 0.466 e. The molecule has 0 saturated heterocycles. The number of H-pyrrole nitrogens is 1. The maximum Gasteiger partial charge on any atom is 0.238 e. The van der Waals surface area contributed by atoms with Crippen LogP contribution in [-0.2, 0) is 26.1 Å². The summed E-state index contributed by atoms with van der Waals surface area (Å²) in [4.78, 5) is 4.94. The van der Waals surface area contributed by atoms with E-state index >= 15 is 0 Å². The minimum Gasteiger partial charge on any atom is -0.466 e. The fourth-order valence-corrected chi connectivity index (χ4v) is 3.71. The van der Waals surface area contributed by atoms with Gasteiger partial charge in [0.05, 0.1) is 31.2 Å².